The lowest BCUT2D eigenvalue weighted by molar-refractivity contribution is -0.132. The van der Waals surface area contributed by atoms with Crippen LogP contribution in [-0.4, -0.2) is 32.3 Å². The molecule has 122 valence electrons. The average Bonchev–Trinajstić information content (AvgIpc) is 3.22. The molecule has 1 aliphatic carbocycles. The van der Waals surface area contributed by atoms with Crippen molar-refractivity contribution >= 4 is 21.9 Å². The lowest BCUT2D eigenvalue weighted by atomic mass is 9.96. The Morgan fingerprint density at radius 1 is 1.32 bits per heavy atom. The van der Waals surface area contributed by atoms with Gasteiger partial charge in [0, 0.05) is 30.0 Å². The van der Waals surface area contributed by atoms with Crippen molar-refractivity contribution in [3.8, 4) is 0 Å². The number of guanidine groups is 1. The zero-order valence-electron chi connectivity index (χ0n) is 12.3. The van der Waals surface area contributed by atoms with Crippen molar-refractivity contribution in [3.63, 3.8) is 0 Å². The molecule has 0 aromatic heterocycles. The van der Waals surface area contributed by atoms with Crippen molar-refractivity contribution in [2.45, 2.75) is 30.9 Å². The molecule has 0 atom stereocenters. The van der Waals surface area contributed by atoms with Crippen molar-refractivity contribution < 1.29 is 13.2 Å². The maximum absolute atomic E-state index is 12.1. The number of nitrogens with one attached hydrogen (secondary N) is 2. The summed E-state index contributed by atoms with van der Waals surface area (Å²) in [5.74, 6) is 0.408. The van der Waals surface area contributed by atoms with E-state index in [9.17, 15) is 13.2 Å². The maximum Gasteiger partial charge on any atom is 0.390 e. The van der Waals surface area contributed by atoms with Crippen LogP contribution in [-0.2, 0) is 5.41 Å². The van der Waals surface area contributed by atoms with Crippen LogP contribution in [0, 0.1) is 0 Å². The molecule has 0 spiro atoms. The number of hydrogen-bond acceptors (Lipinski definition) is 1. The highest BCUT2D eigenvalue weighted by Gasteiger charge is 2.44. The molecule has 7 heteroatoms. The number of aliphatic imine (C=N–C) groups is 1. The molecular weight excluding hydrogens is 359 g/mol. The van der Waals surface area contributed by atoms with E-state index in [1.54, 1.807) is 7.05 Å². The van der Waals surface area contributed by atoms with Gasteiger partial charge in [0.15, 0.2) is 5.96 Å². The number of halogens is 4. The van der Waals surface area contributed by atoms with Gasteiger partial charge in [-0.25, -0.2) is 0 Å². The summed E-state index contributed by atoms with van der Waals surface area (Å²) in [5, 5.41) is 5.83. The van der Waals surface area contributed by atoms with Crippen LogP contribution in [0.4, 0.5) is 13.2 Å². The number of benzene rings is 1. The lowest BCUT2D eigenvalue weighted by Crippen LogP contribution is -2.42. The zero-order valence-corrected chi connectivity index (χ0v) is 13.9. The van der Waals surface area contributed by atoms with Crippen LogP contribution in [0.2, 0.25) is 0 Å². The van der Waals surface area contributed by atoms with Gasteiger partial charge in [-0.2, -0.15) is 13.2 Å². The summed E-state index contributed by atoms with van der Waals surface area (Å²) in [6, 6.07) is 8.15. The highest BCUT2D eigenvalue weighted by atomic mass is 79.9. The van der Waals surface area contributed by atoms with E-state index in [1.807, 2.05) is 12.1 Å². The largest absolute Gasteiger partial charge is 0.390 e. The van der Waals surface area contributed by atoms with Crippen LogP contribution in [0.3, 0.4) is 0 Å². The first-order chi connectivity index (χ1) is 10.3. The van der Waals surface area contributed by atoms with Gasteiger partial charge in [0.05, 0.1) is 6.42 Å². The van der Waals surface area contributed by atoms with Crippen molar-refractivity contribution in [3.05, 3.63) is 34.3 Å². The Labute approximate surface area is 136 Å². The molecule has 1 fully saturated rings. The monoisotopic (exact) mass is 377 g/mol. The third-order valence-electron chi connectivity index (χ3n) is 3.81. The first kappa shape index (κ1) is 17.1. The molecule has 3 nitrogen and oxygen atoms in total. The molecule has 0 heterocycles. The Kier molecular flexibility index (Phi) is 5.36. The summed E-state index contributed by atoms with van der Waals surface area (Å²) in [6.45, 7) is 0.488. The lowest BCUT2D eigenvalue weighted by Gasteiger charge is -2.19. The number of rotatable bonds is 5. The van der Waals surface area contributed by atoms with Gasteiger partial charge in [-0.1, -0.05) is 28.1 Å². The number of nitrogens with zero attached hydrogens (tertiary/aromatic N) is 1. The predicted molar refractivity (Wildman–Crippen MR) is 85.1 cm³/mol. The molecule has 1 aromatic rings. The minimum Gasteiger partial charge on any atom is -0.356 e. The van der Waals surface area contributed by atoms with Crippen molar-refractivity contribution in [1.29, 1.82) is 0 Å². The molecule has 22 heavy (non-hydrogen) atoms. The van der Waals surface area contributed by atoms with Crippen LogP contribution >= 0.6 is 15.9 Å². The molecule has 1 saturated carbocycles. The molecule has 2 N–H and O–H groups in total. The van der Waals surface area contributed by atoms with Crippen molar-refractivity contribution in [1.82, 2.24) is 10.6 Å². The number of hydrogen-bond donors (Lipinski definition) is 2. The summed E-state index contributed by atoms with van der Waals surface area (Å²) >= 11 is 3.47. The minimum atomic E-state index is -4.15. The molecule has 1 aromatic carbocycles. The normalized spacial score (nSPS) is 17.2. The summed E-state index contributed by atoms with van der Waals surface area (Å²) in [6.07, 6.45) is -2.89. The van der Waals surface area contributed by atoms with E-state index in [2.05, 4.69) is 43.7 Å². The predicted octanol–water partition coefficient (Wildman–Crippen LogP) is 3.60. The van der Waals surface area contributed by atoms with E-state index in [0.717, 1.165) is 17.3 Å². The Morgan fingerprint density at radius 2 is 2.05 bits per heavy atom. The first-order valence-electron chi connectivity index (χ1n) is 7.12. The topological polar surface area (TPSA) is 36.4 Å². The third kappa shape index (κ3) is 4.90. The SMILES string of the molecule is CN=C(NCCC(F)(F)F)NCC1(c2cccc(Br)c2)CC1. The second-order valence-corrected chi connectivity index (χ2v) is 6.42. The summed E-state index contributed by atoms with van der Waals surface area (Å²) in [7, 11) is 1.56. The molecule has 2 rings (SSSR count). The highest BCUT2D eigenvalue weighted by molar-refractivity contribution is 9.10. The summed E-state index contributed by atoms with van der Waals surface area (Å²) < 4.78 is 37.5. The fourth-order valence-corrected chi connectivity index (χ4v) is 2.73. The second-order valence-electron chi connectivity index (χ2n) is 5.51. The molecule has 0 bridgehead atoms. The molecule has 0 radical (unpaired) electrons. The van der Waals surface area contributed by atoms with Gasteiger partial charge in [-0.3, -0.25) is 4.99 Å². The van der Waals surface area contributed by atoms with Crippen LogP contribution in [0.25, 0.3) is 0 Å². The smallest absolute Gasteiger partial charge is 0.356 e. The fraction of sp³-hybridized carbons (Fsp3) is 0.533. The van der Waals surface area contributed by atoms with Gasteiger partial charge in [0.25, 0.3) is 0 Å². The van der Waals surface area contributed by atoms with E-state index in [1.165, 1.54) is 5.56 Å². The Bertz CT molecular complexity index is 539. The van der Waals surface area contributed by atoms with Crippen LogP contribution < -0.4 is 10.6 Å². The Morgan fingerprint density at radius 3 is 2.59 bits per heavy atom. The Hall–Kier alpha value is -1.24. The molecular formula is C15H19BrF3N3. The first-order valence-corrected chi connectivity index (χ1v) is 7.91. The molecule has 0 amide bonds. The molecule has 1 aliphatic rings. The van der Waals surface area contributed by atoms with Crippen LogP contribution in [0.1, 0.15) is 24.8 Å². The third-order valence-corrected chi connectivity index (χ3v) is 4.30. The quantitative estimate of drug-likeness (QED) is 0.607. The summed E-state index contributed by atoms with van der Waals surface area (Å²) in [4.78, 5) is 3.97. The highest BCUT2D eigenvalue weighted by Crippen LogP contribution is 2.48. The van der Waals surface area contributed by atoms with Gasteiger partial charge in [-0.15, -0.1) is 0 Å². The van der Waals surface area contributed by atoms with Crippen LogP contribution in [0.15, 0.2) is 33.7 Å². The van der Waals surface area contributed by atoms with Crippen molar-refractivity contribution in [2.24, 2.45) is 4.99 Å². The van der Waals surface area contributed by atoms with Gasteiger partial charge in [0.2, 0.25) is 0 Å². The second kappa shape index (κ2) is 6.89. The van der Waals surface area contributed by atoms with E-state index >= 15 is 0 Å². The fourth-order valence-electron chi connectivity index (χ4n) is 2.33. The Balaban J connectivity index is 1.86. The molecule has 0 saturated heterocycles. The average molecular weight is 378 g/mol. The minimum absolute atomic E-state index is 0.0609. The van der Waals surface area contributed by atoms with E-state index < -0.39 is 12.6 Å². The standard InChI is InChI=1S/C15H19BrF3N3/c1-20-13(21-8-7-15(17,18)19)22-10-14(5-6-14)11-3-2-4-12(16)9-11/h2-4,9H,5-8,10H2,1H3,(H2,20,21,22). The van der Waals surface area contributed by atoms with E-state index in [-0.39, 0.29) is 12.0 Å². The van der Waals surface area contributed by atoms with Gasteiger partial charge in [0.1, 0.15) is 0 Å². The number of alkyl halides is 3. The maximum atomic E-state index is 12.1. The molecule has 0 aliphatic heterocycles. The molecule has 0 unspecified atom stereocenters. The van der Waals surface area contributed by atoms with Gasteiger partial charge >= 0.3 is 6.18 Å². The summed E-state index contributed by atoms with van der Waals surface area (Å²) in [5.41, 5.74) is 1.30. The van der Waals surface area contributed by atoms with Gasteiger partial charge < -0.3 is 10.6 Å². The zero-order chi connectivity index (χ0) is 16.2. The van der Waals surface area contributed by atoms with Crippen molar-refractivity contribution in [2.75, 3.05) is 20.1 Å². The van der Waals surface area contributed by atoms with Crippen LogP contribution in [0.5, 0.6) is 0 Å². The van der Waals surface area contributed by atoms with E-state index in [4.69, 9.17) is 0 Å². The van der Waals surface area contributed by atoms with E-state index in [0.29, 0.717) is 12.5 Å². The van der Waals surface area contributed by atoms with Gasteiger partial charge in [-0.05, 0) is 30.5 Å².